The summed E-state index contributed by atoms with van der Waals surface area (Å²) in [4.78, 5) is 4.64. The standard InChI is InChI=1S/C12H29N3/c1-11(2)13-9-12(3)10-15(6)8-7-14(4)5/h11-13H,7-10H2,1-6H3. The van der Waals surface area contributed by atoms with Crippen LogP contribution in [-0.4, -0.2) is 63.2 Å². The third-order valence-electron chi connectivity index (χ3n) is 2.43. The van der Waals surface area contributed by atoms with Crippen molar-refractivity contribution in [2.75, 3.05) is 47.3 Å². The molecule has 0 saturated heterocycles. The van der Waals surface area contributed by atoms with Gasteiger partial charge in [-0.15, -0.1) is 0 Å². The average molecular weight is 215 g/mol. The van der Waals surface area contributed by atoms with Gasteiger partial charge in [-0.3, -0.25) is 0 Å². The fourth-order valence-electron chi connectivity index (χ4n) is 1.50. The highest BCUT2D eigenvalue weighted by molar-refractivity contribution is 4.64. The number of nitrogens with one attached hydrogen (secondary N) is 1. The summed E-state index contributed by atoms with van der Waals surface area (Å²) in [5, 5.41) is 3.48. The van der Waals surface area contributed by atoms with Crippen molar-refractivity contribution in [2.24, 2.45) is 5.92 Å². The van der Waals surface area contributed by atoms with E-state index in [4.69, 9.17) is 0 Å². The second-order valence-electron chi connectivity index (χ2n) is 5.23. The van der Waals surface area contributed by atoms with Gasteiger partial charge in [0.1, 0.15) is 0 Å². The van der Waals surface area contributed by atoms with Gasteiger partial charge in [0.2, 0.25) is 0 Å². The Balaban J connectivity index is 3.52. The summed E-state index contributed by atoms with van der Waals surface area (Å²) in [5.41, 5.74) is 0. The molecule has 1 N–H and O–H groups in total. The summed E-state index contributed by atoms with van der Waals surface area (Å²) in [6, 6.07) is 0.597. The van der Waals surface area contributed by atoms with Crippen LogP contribution in [0, 0.1) is 5.92 Å². The Labute approximate surface area is 95.8 Å². The van der Waals surface area contributed by atoms with E-state index in [0.717, 1.165) is 25.6 Å². The van der Waals surface area contributed by atoms with Gasteiger partial charge in [0.25, 0.3) is 0 Å². The van der Waals surface area contributed by atoms with Crippen molar-refractivity contribution >= 4 is 0 Å². The first-order valence-electron chi connectivity index (χ1n) is 5.98. The summed E-state index contributed by atoms with van der Waals surface area (Å²) >= 11 is 0. The average Bonchev–Trinajstić information content (AvgIpc) is 2.11. The molecule has 0 aliphatic rings. The highest BCUT2D eigenvalue weighted by Gasteiger charge is 2.06. The lowest BCUT2D eigenvalue weighted by molar-refractivity contribution is 0.248. The van der Waals surface area contributed by atoms with Gasteiger partial charge in [-0.2, -0.15) is 0 Å². The minimum atomic E-state index is 0.597. The van der Waals surface area contributed by atoms with Crippen molar-refractivity contribution in [3.8, 4) is 0 Å². The van der Waals surface area contributed by atoms with Crippen LogP contribution in [0.3, 0.4) is 0 Å². The molecule has 3 heteroatoms. The largest absolute Gasteiger partial charge is 0.314 e. The lowest BCUT2D eigenvalue weighted by Crippen LogP contribution is -2.36. The molecule has 0 aromatic rings. The summed E-state index contributed by atoms with van der Waals surface area (Å²) < 4.78 is 0. The molecule has 0 aromatic heterocycles. The molecule has 0 aliphatic carbocycles. The van der Waals surface area contributed by atoms with Crippen molar-refractivity contribution in [3.63, 3.8) is 0 Å². The lowest BCUT2D eigenvalue weighted by Gasteiger charge is -2.23. The van der Waals surface area contributed by atoms with Crippen molar-refractivity contribution in [2.45, 2.75) is 26.8 Å². The molecule has 1 atom stereocenters. The van der Waals surface area contributed by atoms with E-state index in [0.29, 0.717) is 6.04 Å². The van der Waals surface area contributed by atoms with E-state index in [1.54, 1.807) is 0 Å². The van der Waals surface area contributed by atoms with Crippen LogP contribution in [-0.2, 0) is 0 Å². The van der Waals surface area contributed by atoms with E-state index in [-0.39, 0.29) is 0 Å². The van der Waals surface area contributed by atoms with Gasteiger partial charge in [0.05, 0.1) is 0 Å². The molecule has 0 saturated carbocycles. The summed E-state index contributed by atoms with van der Waals surface area (Å²) in [6.45, 7) is 11.3. The maximum absolute atomic E-state index is 3.48. The van der Waals surface area contributed by atoms with Crippen LogP contribution in [0.1, 0.15) is 20.8 Å². The van der Waals surface area contributed by atoms with Crippen LogP contribution >= 0.6 is 0 Å². The molecule has 0 fully saturated rings. The SMILES string of the molecule is CC(CNC(C)C)CN(C)CCN(C)C. The van der Waals surface area contributed by atoms with E-state index >= 15 is 0 Å². The first-order valence-corrected chi connectivity index (χ1v) is 5.98. The maximum atomic E-state index is 3.48. The van der Waals surface area contributed by atoms with E-state index < -0.39 is 0 Å². The van der Waals surface area contributed by atoms with Crippen molar-refractivity contribution in [1.29, 1.82) is 0 Å². The topological polar surface area (TPSA) is 18.5 Å². The van der Waals surface area contributed by atoms with Crippen LogP contribution in [0.5, 0.6) is 0 Å². The van der Waals surface area contributed by atoms with Gasteiger partial charge in [-0.1, -0.05) is 20.8 Å². The Morgan fingerprint density at radius 2 is 1.60 bits per heavy atom. The van der Waals surface area contributed by atoms with E-state index in [2.05, 4.69) is 57.0 Å². The Morgan fingerprint density at radius 3 is 2.07 bits per heavy atom. The van der Waals surface area contributed by atoms with Gasteiger partial charge in [0, 0.05) is 25.7 Å². The summed E-state index contributed by atoms with van der Waals surface area (Å²) in [7, 11) is 6.45. The number of nitrogens with zero attached hydrogens (tertiary/aromatic N) is 2. The summed E-state index contributed by atoms with van der Waals surface area (Å²) in [6.07, 6.45) is 0. The summed E-state index contributed by atoms with van der Waals surface area (Å²) in [5.74, 6) is 0.722. The molecule has 0 aromatic carbocycles. The van der Waals surface area contributed by atoms with E-state index in [1.807, 2.05) is 0 Å². The van der Waals surface area contributed by atoms with Gasteiger partial charge in [0.15, 0.2) is 0 Å². The molecule has 0 heterocycles. The zero-order valence-corrected chi connectivity index (χ0v) is 11.4. The molecule has 0 bridgehead atoms. The van der Waals surface area contributed by atoms with Crippen LogP contribution < -0.4 is 5.32 Å². The third kappa shape index (κ3) is 10.2. The van der Waals surface area contributed by atoms with Gasteiger partial charge < -0.3 is 15.1 Å². The minimum absolute atomic E-state index is 0.597. The monoisotopic (exact) mass is 215 g/mol. The number of rotatable bonds is 8. The lowest BCUT2D eigenvalue weighted by atomic mass is 10.1. The van der Waals surface area contributed by atoms with Crippen molar-refractivity contribution < 1.29 is 0 Å². The van der Waals surface area contributed by atoms with Gasteiger partial charge in [-0.05, 0) is 33.6 Å². The molecule has 0 spiro atoms. The smallest absolute Gasteiger partial charge is 0.0106 e. The molecule has 0 aliphatic heterocycles. The Kier molecular flexibility index (Phi) is 8.02. The first-order chi connectivity index (χ1) is 6.91. The molecule has 15 heavy (non-hydrogen) atoms. The zero-order valence-electron chi connectivity index (χ0n) is 11.4. The molecule has 0 radical (unpaired) electrons. The predicted octanol–water partition coefficient (Wildman–Crippen LogP) is 1.11. The molecular weight excluding hydrogens is 186 g/mol. The highest BCUT2D eigenvalue weighted by atomic mass is 15.1. The second kappa shape index (κ2) is 8.08. The van der Waals surface area contributed by atoms with Gasteiger partial charge >= 0.3 is 0 Å². The second-order valence-corrected chi connectivity index (χ2v) is 5.23. The normalized spacial score (nSPS) is 14.2. The molecular formula is C12H29N3. The van der Waals surface area contributed by atoms with Crippen LogP contribution in [0.4, 0.5) is 0 Å². The van der Waals surface area contributed by atoms with Crippen LogP contribution in [0.25, 0.3) is 0 Å². The van der Waals surface area contributed by atoms with E-state index in [1.165, 1.54) is 6.54 Å². The Hall–Kier alpha value is -0.120. The Bertz CT molecular complexity index is 130. The number of likely N-dealkylation sites (N-methyl/N-ethyl adjacent to an activating group) is 2. The molecule has 3 nitrogen and oxygen atoms in total. The first kappa shape index (κ1) is 14.9. The zero-order chi connectivity index (χ0) is 11.8. The highest BCUT2D eigenvalue weighted by Crippen LogP contribution is 1.97. The fourth-order valence-corrected chi connectivity index (χ4v) is 1.50. The molecule has 1 unspecified atom stereocenters. The van der Waals surface area contributed by atoms with Crippen LogP contribution in [0.2, 0.25) is 0 Å². The number of hydrogen-bond acceptors (Lipinski definition) is 3. The van der Waals surface area contributed by atoms with E-state index in [9.17, 15) is 0 Å². The van der Waals surface area contributed by atoms with Crippen LogP contribution in [0.15, 0.2) is 0 Å². The number of hydrogen-bond donors (Lipinski definition) is 1. The molecule has 0 rings (SSSR count). The fraction of sp³-hybridized carbons (Fsp3) is 1.00. The minimum Gasteiger partial charge on any atom is -0.314 e. The third-order valence-corrected chi connectivity index (χ3v) is 2.43. The predicted molar refractivity (Wildman–Crippen MR) is 68.4 cm³/mol. The maximum Gasteiger partial charge on any atom is 0.0106 e. The quantitative estimate of drug-likeness (QED) is 0.654. The van der Waals surface area contributed by atoms with Gasteiger partial charge in [-0.25, -0.2) is 0 Å². The molecule has 92 valence electrons. The van der Waals surface area contributed by atoms with Crippen molar-refractivity contribution in [1.82, 2.24) is 15.1 Å². The molecule has 0 amide bonds. The Morgan fingerprint density at radius 1 is 1.00 bits per heavy atom. The van der Waals surface area contributed by atoms with Crippen molar-refractivity contribution in [3.05, 3.63) is 0 Å².